The Balaban J connectivity index is 2.58. The van der Waals surface area contributed by atoms with Gasteiger partial charge in [0.1, 0.15) is 0 Å². The van der Waals surface area contributed by atoms with Gasteiger partial charge in [-0.2, -0.15) is 0 Å². The van der Waals surface area contributed by atoms with Crippen LogP contribution in [0.15, 0.2) is 12.3 Å². The average Bonchev–Trinajstić information content (AvgIpc) is 2.10. The van der Waals surface area contributed by atoms with E-state index < -0.39 is 0 Å². The van der Waals surface area contributed by atoms with E-state index in [0.29, 0.717) is 5.25 Å². The first-order valence-corrected chi connectivity index (χ1v) is 3.78. The van der Waals surface area contributed by atoms with Gasteiger partial charge in [-0.25, -0.2) is 0 Å². The van der Waals surface area contributed by atoms with Crippen LogP contribution in [0.2, 0.25) is 0 Å². The number of rotatable bonds is 1. The first-order chi connectivity index (χ1) is 4.24. The molecule has 1 N–H and O–H groups in total. The van der Waals surface area contributed by atoms with Gasteiger partial charge < -0.3 is 5.32 Å². The van der Waals surface area contributed by atoms with Crippen molar-refractivity contribution in [1.82, 2.24) is 5.32 Å². The van der Waals surface area contributed by atoms with E-state index in [-0.39, 0.29) is 5.24 Å². The van der Waals surface area contributed by atoms with Gasteiger partial charge in [0, 0.05) is 5.70 Å². The van der Waals surface area contributed by atoms with Crippen molar-refractivity contribution in [2.75, 3.05) is 0 Å². The Labute approximate surface area is 58.7 Å². The Hall–Kier alpha value is -0.440. The first-order valence-electron chi connectivity index (χ1n) is 2.90. The van der Waals surface area contributed by atoms with Gasteiger partial charge in [-0.15, -0.1) is 0 Å². The zero-order chi connectivity index (χ0) is 6.85. The summed E-state index contributed by atoms with van der Waals surface area (Å²) in [5.41, 5.74) is 0.854. The number of amides is 1. The number of carbonyl (C=O) groups is 1. The van der Waals surface area contributed by atoms with E-state index in [1.807, 2.05) is 6.92 Å². The maximum atomic E-state index is 10.6. The third-order valence-electron chi connectivity index (χ3n) is 1.27. The van der Waals surface area contributed by atoms with Crippen LogP contribution in [0.5, 0.6) is 0 Å². The molecule has 50 valence electrons. The Kier molecular flexibility index (Phi) is 1.81. The molecular formula is C6H9NOS. The molecule has 3 heteroatoms. The Morgan fingerprint density at radius 1 is 1.89 bits per heavy atom. The van der Waals surface area contributed by atoms with Crippen molar-refractivity contribution in [3.8, 4) is 0 Å². The molecule has 1 aliphatic rings. The number of thioether (sulfide) groups is 1. The minimum absolute atomic E-state index is 0.0341. The second kappa shape index (κ2) is 2.43. The normalized spacial score (nSPS) is 26.6. The van der Waals surface area contributed by atoms with E-state index in [0.717, 1.165) is 12.1 Å². The van der Waals surface area contributed by atoms with Crippen molar-refractivity contribution in [2.45, 2.75) is 18.6 Å². The summed E-state index contributed by atoms with van der Waals surface area (Å²) in [6, 6.07) is 0. The standard InChI is InChI=1S/C6H9NOS/c1-3-5-4(2)7-6(8)9-5/h5H,2-3H2,1H3,(H,7,8). The molecule has 0 spiro atoms. The van der Waals surface area contributed by atoms with E-state index in [4.69, 9.17) is 0 Å². The lowest BCUT2D eigenvalue weighted by molar-refractivity contribution is 0.263. The second-order valence-corrected chi connectivity index (χ2v) is 3.13. The van der Waals surface area contributed by atoms with Crippen molar-refractivity contribution < 1.29 is 4.79 Å². The molecule has 2 nitrogen and oxygen atoms in total. The summed E-state index contributed by atoms with van der Waals surface area (Å²) in [6.45, 7) is 5.75. The van der Waals surface area contributed by atoms with E-state index >= 15 is 0 Å². The third kappa shape index (κ3) is 1.27. The third-order valence-corrected chi connectivity index (χ3v) is 2.49. The van der Waals surface area contributed by atoms with Crippen LogP contribution in [-0.4, -0.2) is 10.5 Å². The largest absolute Gasteiger partial charge is 0.320 e. The van der Waals surface area contributed by atoms with Crippen molar-refractivity contribution in [3.05, 3.63) is 12.3 Å². The zero-order valence-corrected chi connectivity index (χ0v) is 6.12. The highest BCUT2D eigenvalue weighted by Crippen LogP contribution is 2.26. The number of carbonyl (C=O) groups excluding carboxylic acids is 1. The van der Waals surface area contributed by atoms with Crippen molar-refractivity contribution in [2.24, 2.45) is 0 Å². The maximum Gasteiger partial charge on any atom is 0.283 e. The highest BCUT2D eigenvalue weighted by atomic mass is 32.2. The van der Waals surface area contributed by atoms with Crippen LogP contribution in [0.4, 0.5) is 4.79 Å². The molecular weight excluding hydrogens is 134 g/mol. The summed E-state index contributed by atoms with van der Waals surface area (Å²) < 4.78 is 0. The van der Waals surface area contributed by atoms with Gasteiger partial charge in [0.2, 0.25) is 0 Å². The van der Waals surface area contributed by atoms with Crippen LogP contribution >= 0.6 is 11.8 Å². The zero-order valence-electron chi connectivity index (χ0n) is 5.31. The summed E-state index contributed by atoms with van der Waals surface area (Å²) in [6.07, 6.45) is 0.974. The van der Waals surface area contributed by atoms with Gasteiger partial charge in [0.15, 0.2) is 0 Å². The van der Waals surface area contributed by atoms with Crippen LogP contribution in [0, 0.1) is 0 Å². The van der Waals surface area contributed by atoms with Crippen LogP contribution in [0.1, 0.15) is 13.3 Å². The topological polar surface area (TPSA) is 29.1 Å². The van der Waals surface area contributed by atoms with Crippen LogP contribution in [0.3, 0.4) is 0 Å². The fourth-order valence-corrected chi connectivity index (χ4v) is 1.59. The Morgan fingerprint density at radius 3 is 2.78 bits per heavy atom. The molecule has 1 rings (SSSR count). The quantitative estimate of drug-likeness (QED) is 0.605. The molecule has 1 aliphatic heterocycles. The number of hydrogen-bond donors (Lipinski definition) is 1. The van der Waals surface area contributed by atoms with Crippen LogP contribution in [0.25, 0.3) is 0 Å². The molecule has 1 saturated heterocycles. The molecule has 9 heavy (non-hydrogen) atoms. The molecule has 1 unspecified atom stereocenters. The highest BCUT2D eigenvalue weighted by molar-refractivity contribution is 8.14. The molecule has 0 saturated carbocycles. The van der Waals surface area contributed by atoms with Gasteiger partial charge >= 0.3 is 0 Å². The molecule has 1 heterocycles. The predicted molar refractivity (Wildman–Crippen MR) is 39.3 cm³/mol. The SMILES string of the molecule is C=C1NC(=O)SC1CC. The van der Waals surface area contributed by atoms with E-state index in [9.17, 15) is 4.79 Å². The van der Waals surface area contributed by atoms with Crippen molar-refractivity contribution in [3.63, 3.8) is 0 Å². The first kappa shape index (κ1) is 6.68. The van der Waals surface area contributed by atoms with Crippen LogP contribution < -0.4 is 5.32 Å². The Bertz CT molecular complexity index is 155. The molecule has 0 aromatic heterocycles. The second-order valence-electron chi connectivity index (χ2n) is 1.95. The van der Waals surface area contributed by atoms with Crippen molar-refractivity contribution >= 4 is 17.0 Å². The van der Waals surface area contributed by atoms with Gasteiger partial charge in [0.25, 0.3) is 5.24 Å². The maximum absolute atomic E-state index is 10.6. The summed E-state index contributed by atoms with van der Waals surface area (Å²) in [5, 5.41) is 2.98. The summed E-state index contributed by atoms with van der Waals surface area (Å²) >= 11 is 1.32. The molecule has 0 radical (unpaired) electrons. The minimum atomic E-state index is 0.0341. The fourth-order valence-electron chi connectivity index (χ4n) is 0.771. The van der Waals surface area contributed by atoms with E-state index in [1.165, 1.54) is 11.8 Å². The molecule has 1 fully saturated rings. The van der Waals surface area contributed by atoms with E-state index in [1.54, 1.807) is 0 Å². The lowest BCUT2D eigenvalue weighted by Gasteiger charge is -2.00. The van der Waals surface area contributed by atoms with Gasteiger partial charge in [0.05, 0.1) is 5.25 Å². The fraction of sp³-hybridized carbons (Fsp3) is 0.500. The smallest absolute Gasteiger partial charge is 0.283 e. The number of hydrogen-bond acceptors (Lipinski definition) is 2. The van der Waals surface area contributed by atoms with Gasteiger partial charge in [-0.3, -0.25) is 4.79 Å². The lowest BCUT2D eigenvalue weighted by Crippen LogP contribution is -2.10. The molecule has 0 bridgehead atoms. The summed E-state index contributed by atoms with van der Waals surface area (Å²) in [7, 11) is 0. The van der Waals surface area contributed by atoms with Gasteiger partial charge in [-0.1, -0.05) is 25.3 Å². The average molecular weight is 143 g/mol. The monoisotopic (exact) mass is 143 g/mol. The Morgan fingerprint density at radius 2 is 2.56 bits per heavy atom. The van der Waals surface area contributed by atoms with Crippen LogP contribution in [-0.2, 0) is 0 Å². The van der Waals surface area contributed by atoms with Gasteiger partial charge in [-0.05, 0) is 6.42 Å². The molecule has 0 aromatic carbocycles. The predicted octanol–water partition coefficient (Wildman–Crippen LogP) is 1.74. The molecule has 1 atom stereocenters. The molecule has 0 aromatic rings. The lowest BCUT2D eigenvalue weighted by atomic mass is 10.3. The summed E-state index contributed by atoms with van der Waals surface area (Å²) in [4.78, 5) is 10.6. The minimum Gasteiger partial charge on any atom is -0.320 e. The highest BCUT2D eigenvalue weighted by Gasteiger charge is 2.23. The molecule has 1 amide bonds. The van der Waals surface area contributed by atoms with Crippen molar-refractivity contribution in [1.29, 1.82) is 0 Å². The molecule has 0 aliphatic carbocycles. The number of nitrogens with one attached hydrogen (secondary N) is 1. The summed E-state index contributed by atoms with van der Waals surface area (Å²) in [5.74, 6) is 0. The van der Waals surface area contributed by atoms with E-state index in [2.05, 4.69) is 11.9 Å².